The maximum absolute atomic E-state index is 12.5. The number of thiocarbonyl (C=S) groups is 1. The van der Waals surface area contributed by atoms with Crippen molar-refractivity contribution in [3.8, 4) is 0 Å². The van der Waals surface area contributed by atoms with Crippen molar-refractivity contribution in [3.05, 3.63) is 28.7 Å². The van der Waals surface area contributed by atoms with E-state index < -0.39 is 0 Å². The topological polar surface area (TPSA) is 28.5 Å². The molecule has 5 heteroatoms. The molecule has 0 bridgehead atoms. The Morgan fingerprint density at radius 3 is 2.52 bits per heavy atom. The zero-order valence-electron chi connectivity index (χ0n) is 14.4. The SMILES string of the molecule is CCN1C(=O)/C(=C/c2cc(C)n(C3CCCC3)c2C)N(C)C1=S. The molecule has 0 unspecified atom stereocenters. The van der Waals surface area contributed by atoms with Crippen LogP contribution in [-0.4, -0.2) is 39.0 Å². The van der Waals surface area contributed by atoms with Crippen LogP contribution in [0.3, 0.4) is 0 Å². The number of rotatable bonds is 3. The van der Waals surface area contributed by atoms with Crippen molar-refractivity contribution in [1.82, 2.24) is 14.4 Å². The molecule has 23 heavy (non-hydrogen) atoms. The first-order valence-corrected chi connectivity index (χ1v) is 8.86. The van der Waals surface area contributed by atoms with E-state index in [0.717, 1.165) is 5.56 Å². The third-order valence-corrected chi connectivity index (χ3v) is 5.66. The van der Waals surface area contributed by atoms with E-state index in [9.17, 15) is 4.79 Å². The van der Waals surface area contributed by atoms with E-state index in [1.54, 1.807) is 4.90 Å². The molecule has 1 saturated carbocycles. The van der Waals surface area contributed by atoms with E-state index in [1.807, 2.05) is 24.9 Å². The van der Waals surface area contributed by atoms with Gasteiger partial charge in [0.05, 0.1) is 0 Å². The van der Waals surface area contributed by atoms with Crippen LogP contribution >= 0.6 is 12.2 Å². The van der Waals surface area contributed by atoms with Gasteiger partial charge in [0.25, 0.3) is 5.91 Å². The molecule has 124 valence electrons. The first kappa shape index (κ1) is 16.2. The Morgan fingerprint density at radius 1 is 1.30 bits per heavy atom. The van der Waals surface area contributed by atoms with Crippen molar-refractivity contribution in [2.75, 3.05) is 13.6 Å². The monoisotopic (exact) mass is 331 g/mol. The Labute approximate surface area is 143 Å². The highest BCUT2D eigenvalue weighted by atomic mass is 32.1. The lowest BCUT2D eigenvalue weighted by atomic mass is 10.2. The summed E-state index contributed by atoms with van der Waals surface area (Å²) >= 11 is 5.37. The molecule has 1 saturated heterocycles. The van der Waals surface area contributed by atoms with Gasteiger partial charge in [0.2, 0.25) is 0 Å². The maximum atomic E-state index is 12.5. The first-order chi connectivity index (χ1) is 11.0. The van der Waals surface area contributed by atoms with Crippen molar-refractivity contribution >= 4 is 29.3 Å². The third kappa shape index (κ3) is 2.61. The number of carbonyl (C=O) groups is 1. The van der Waals surface area contributed by atoms with Crippen LogP contribution < -0.4 is 0 Å². The highest BCUT2D eigenvalue weighted by Gasteiger charge is 2.34. The second kappa shape index (κ2) is 6.11. The smallest absolute Gasteiger partial charge is 0.276 e. The van der Waals surface area contributed by atoms with Gasteiger partial charge in [-0.15, -0.1) is 0 Å². The van der Waals surface area contributed by atoms with Crippen LogP contribution in [0.4, 0.5) is 0 Å². The fourth-order valence-electron chi connectivity index (χ4n) is 3.91. The predicted molar refractivity (Wildman–Crippen MR) is 97.1 cm³/mol. The van der Waals surface area contributed by atoms with E-state index in [-0.39, 0.29) is 5.91 Å². The van der Waals surface area contributed by atoms with Crippen LogP contribution in [0.15, 0.2) is 11.8 Å². The molecule has 3 rings (SSSR count). The molecule has 2 aliphatic rings. The van der Waals surface area contributed by atoms with Crippen LogP contribution in [0.25, 0.3) is 6.08 Å². The van der Waals surface area contributed by atoms with Gasteiger partial charge in [-0.05, 0) is 63.5 Å². The van der Waals surface area contributed by atoms with Gasteiger partial charge >= 0.3 is 0 Å². The van der Waals surface area contributed by atoms with Gasteiger partial charge in [-0.2, -0.15) is 0 Å². The summed E-state index contributed by atoms with van der Waals surface area (Å²) in [6, 6.07) is 2.81. The largest absolute Gasteiger partial charge is 0.346 e. The minimum absolute atomic E-state index is 0.00525. The third-order valence-electron chi connectivity index (χ3n) is 5.17. The zero-order chi connectivity index (χ0) is 16.7. The molecule has 0 N–H and O–H groups in total. The standard InChI is InChI=1S/C18H25N3OS/c1-5-20-17(22)16(19(4)18(20)23)11-14-10-12(2)21(13(14)3)15-8-6-7-9-15/h10-11,15H,5-9H2,1-4H3/b16-11-. The van der Waals surface area contributed by atoms with Gasteiger partial charge in [0.1, 0.15) is 5.70 Å². The lowest BCUT2D eigenvalue weighted by Gasteiger charge is -2.17. The number of aromatic nitrogens is 1. The lowest BCUT2D eigenvalue weighted by Crippen LogP contribution is -2.30. The summed E-state index contributed by atoms with van der Waals surface area (Å²) in [4.78, 5) is 16.0. The lowest BCUT2D eigenvalue weighted by molar-refractivity contribution is -0.122. The van der Waals surface area contributed by atoms with Crippen molar-refractivity contribution in [3.63, 3.8) is 0 Å². The number of nitrogens with zero attached hydrogens (tertiary/aromatic N) is 3. The Kier molecular flexibility index (Phi) is 4.32. The van der Waals surface area contributed by atoms with Crippen molar-refractivity contribution in [2.24, 2.45) is 0 Å². The summed E-state index contributed by atoms with van der Waals surface area (Å²) in [5.41, 5.74) is 4.34. The summed E-state index contributed by atoms with van der Waals surface area (Å²) in [6.45, 7) is 6.89. The average Bonchev–Trinajstić information content (AvgIpc) is 3.17. The summed E-state index contributed by atoms with van der Waals surface area (Å²) in [7, 11) is 1.87. The first-order valence-electron chi connectivity index (χ1n) is 8.45. The van der Waals surface area contributed by atoms with E-state index in [0.29, 0.717) is 23.4 Å². The second-order valence-corrected chi connectivity index (χ2v) is 6.92. The van der Waals surface area contributed by atoms with Crippen molar-refractivity contribution < 1.29 is 4.79 Å². The molecule has 0 spiro atoms. The molecular formula is C18H25N3OS. The van der Waals surface area contributed by atoms with E-state index >= 15 is 0 Å². The summed E-state index contributed by atoms with van der Waals surface area (Å²) in [5.74, 6) is 0.00525. The van der Waals surface area contributed by atoms with Gasteiger partial charge < -0.3 is 9.47 Å². The summed E-state index contributed by atoms with van der Waals surface area (Å²) < 4.78 is 2.45. The van der Waals surface area contributed by atoms with E-state index in [2.05, 4.69) is 24.5 Å². The van der Waals surface area contributed by atoms with Gasteiger partial charge in [-0.1, -0.05) is 12.8 Å². The summed E-state index contributed by atoms with van der Waals surface area (Å²) in [6.07, 6.45) is 7.16. The quantitative estimate of drug-likeness (QED) is 0.625. The molecule has 1 aliphatic carbocycles. The molecule has 1 aromatic rings. The summed E-state index contributed by atoms with van der Waals surface area (Å²) in [5, 5.41) is 0.591. The molecule has 1 amide bonds. The van der Waals surface area contributed by atoms with Gasteiger partial charge in [0, 0.05) is 31.0 Å². The Bertz CT molecular complexity index is 683. The normalized spacial score (nSPS) is 21.3. The molecule has 0 radical (unpaired) electrons. The number of aryl methyl sites for hydroxylation is 1. The van der Waals surface area contributed by atoms with Crippen LogP contribution in [0.2, 0.25) is 0 Å². The number of carbonyl (C=O) groups excluding carboxylic acids is 1. The predicted octanol–water partition coefficient (Wildman–Crippen LogP) is 3.64. The molecule has 4 nitrogen and oxygen atoms in total. The highest BCUT2D eigenvalue weighted by molar-refractivity contribution is 7.80. The second-order valence-electron chi connectivity index (χ2n) is 6.56. The molecule has 1 aliphatic heterocycles. The van der Waals surface area contributed by atoms with E-state index in [4.69, 9.17) is 12.2 Å². The number of hydrogen-bond acceptors (Lipinski definition) is 2. The van der Waals surface area contributed by atoms with Gasteiger partial charge in [0.15, 0.2) is 5.11 Å². The highest BCUT2D eigenvalue weighted by Crippen LogP contribution is 2.34. The Balaban J connectivity index is 1.98. The maximum Gasteiger partial charge on any atom is 0.276 e. The number of hydrogen-bond donors (Lipinski definition) is 0. The van der Waals surface area contributed by atoms with E-state index in [1.165, 1.54) is 37.1 Å². The molecule has 2 heterocycles. The molecular weight excluding hydrogens is 306 g/mol. The van der Waals surface area contributed by atoms with Crippen LogP contribution in [0.1, 0.15) is 55.6 Å². The molecule has 0 atom stereocenters. The minimum atomic E-state index is 0.00525. The van der Waals surface area contributed by atoms with Crippen LogP contribution in [-0.2, 0) is 4.79 Å². The molecule has 2 fully saturated rings. The van der Waals surface area contributed by atoms with Gasteiger partial charge in [-0.3, -0.25) is 9.69 Å². The number of likely N-dealkylation sites (N-methyl/N-ethyl adjacent to an activating group) is 2. The van der Waals surface area contributed by atoms with Gasteiger partial charge in [-0.25, -0.2) is 0 Å². The van der Waals surface area contributed by atoms with Crippen LogP contribution in [0, 0.1) is 13.8 Å². The fourth-order valence-corrected chi connectivity index (χ4v) is 4.22. The number of amides is 1. The van der Waals surface area contributed by atoms with Crippen molar-refractivity contribution in [1.29, 1.82) is 0 Å². The Morgan fingerprint density at radius 2 is 1.96 bits per heavy atom. The minimum Gasteiger partial charge on any atom is -0.346 e. The zero-order valence-corrected chi connectivity index (χ0v) is 15.2. The molecule has 1 aromatic heterocycles. The average molecular weight is 331 g/mol. The van der Waals surface area contributed by atoms with Crippen LogP contribution in [0.5, 0.6) is 0 Å². The van der Waals surface area contributed by atoms with Crippen molar-refractivity contribution in [2.45, 2.75) is 52.5 Å². The fraction of sp³-hybridized carbons (Fsp3) is 0.556. The molecule has 0 aromatic carbocycles. The Hall–Kier alpha value is -1.62.